The van der Waals surface area contributed by atoms with Crippen LogP contribution in [0.1, 0.15) is 28.6 Å². The average molecular weight is 343 g/mol. The van der Waals surface area contributed by atoms with Crippen molar-refractivity contribution in [2.75, 3.05) is 12.4 Å². The van der Waals surface area contributed by atoms with Gasteiger partial charge in [0.25, 0.3) is 11.8 Å². The van der Waals surface area contributed by atoms with E-state index in [0.717, 1.165) is 10.6 Å². The minimum absolute atomic E-state index is 0.210. The molecule has 1 aromatic carbocycles. The first-order valence-corrected chi connectivity index (χ1v) is 8.32. The Kier molecular flexibility index (Phi) is 4.35. The molecule has 1 aliphatic rings. The van der Waals surface area contributed by atoms with Crippen LogP contribution < -0.4 is 10.6 Å². The fourth-order valence-electron chi connectivity index (χ4n) is 2.38. The van der Waals surface area contributed by atoms with Gasteiger partial charge in [0, 0.05) is 24.7 Å². The van der Waals surface area contributed by atoms with Gasteiger partial charge in [0.2, 0.25) is 5.60 Å². The number of nitrogens with one attached hydrogen (secondary N) is 2. The minimum atomic E-state index is -1.07. The molecule has 0 fully saturated rings. The van der Waals surface area contributed by atoms with Gasteiger partial charge in [-0.1, -0.05) is 17.3 Å². The number of carbonyl (C=O) groups excluding carboxylic acids is 2. The second-order valence-corrected chi connectivity index (χ2v) is 6.58. The number of anilines is 1. The van der Waals surface area contributed by atoms with Crippen LogP contribution in [0.15, 0.2) is 46.9 Å². The van der Waals surface area contributed by atoms with Gasteiger partial charge in [-0.05, 0) is 36.6 Å². The van der Waals surface area contributed by atoms with E-state index in [0.29, 0.717) is 17.7 Å². The third-order valence-electron chi connectivity index (χ3n) is 3.76. The number of oxime groups is 1. The Morgan fingerprint density at radius 2 is 2.12 bits per heavy atom. The summed E-state index contributed by atoms with van der Waals surface area (Å²) in [4.78, 5) is 30.7. The number of rotatable bonds is 4. The lowest BCUT2D eigenvalue weighted by Crippen LogP contribution is -2.40. The third kappa shape index (κ3) is 3.16. The fraction of sp³-hybridized carbons (Fsp3) is 0.235. The lowest BCUT2D eigenvalue weighted by molar-refractivity contribution is -0.135. The van der Waals surface area contributed by atoms with E-state index in [1.807, 2.05) is 17.5 Å². The maximum absolute atomic E-state index is 12.6. The SMILES string of the molecule is CNC(=O)c1cccc(NC(=O)[C@@]2(C)CC(c3cccs3)=NO2)c1. The quantitative estimate of drug-likeness (QED) is 0.895. The van der Waals surface area contributed by atoms with Gasteiger partial charge in [-0.15, -0.1) is 11.3 Å². The molecule has 0 aliphatic carbocycles. The van der Waals surface area contributed by atoms with E-state index in [-0.39, 0.29) is 11.8 Å². The summed E-state index contributed by atoms with van der Waals surface area (Å²) in [6, 6.07) is 10.6. The molecule has 0 unspecified atom stereocenters. The molecule has 0 saturated carbocycles. The highest BCUT2D eigenvalue weighted by Gasteiger charge is 2.42. The summed E-state index contributed by atoms with van der Waals surface area (Å²) in [5.41, 5.74) is 0.711. The molecule has 0 radical (unpaired) electrons. The first-order valence-electron chi connectivity index (χ1n) is 7.44. The van der Waals surface area contributed by atoms with Gasteiger partial charge in [-0.25, -0.2) is 0 Å². The van der Waals surface area contributed by atoms with Gasteiger partial charge in [0.05, 0.1) is 4.88 Å². The molecule has 0 saturated heterocycles. The molecule has 6 nitrogen and oxygen atoms in total. The first kappa shape index (κ1) is 16.2. The van der Waals surface area contributed by atoms with Crippen LogP contribution in [0.3, 0.4) is 0 Å². The normalized spacial score (nSPS) is 19.3. The Labute approximate surface area is 143 Å². The van der Waals surface area contributed by atoms with Crippen molar-refractivity contribution in [3.05, 3.63) is 52.2 Å². The zero-order valence-corrected chi connectivity index (χ0v) is 14.1. The van der Waals surface area contributed by atoms with Gasteiger partial charge in [0.15, 0.2) is 0 Å². The first-order chi connectivity index (χ1) is 11.5. The average Bonchev–Trinajstić information content (AvgIpc) is 3.24. The highest BCUT2D eigenvalue weighted by atomic mass is 32.1. The summed E-state index contributed by atoms with van der Waals surface area (Å²) < 4.78 is 0. The van der Waals surface area contributed by atoms with E-state index >= 15 is 0 Å². The summed E-state index contributed by atoms with van der Waals surface area (Å²) >= 11 is 1.56. The lowest BCUT2D eigenvalue weighted by Gasteiger charge is -2.20. The molecule has 24 heavy (non-hydrogen) atoms. The third-order valence-corrected chi connectivity index (χ3v) is 4.68. The molecule has 1 aromatic heterocycles. The molecular formula is C17H17N3O3S. The Hall–Kier alpha value is -2.67. The minimum Gasteiger partial charge on any atom is -0.379 e. The zero-order chi connectivity index (χ0) is 17.2. The van der Waals surface area contributed by atoms with E-state index in [1.54, 1.807) is 49.6 Å². The smallest absolute Gasteiger partial charge is 0.271 e. The predicted octanol–water partition coefficient (Wildman–Crippen LogP) is 2.63. The van der Waals surface area contributed by atoms with Crippen LogP contribution in [0.4, 0.5) is 5.69 Å². The van der Waals surface area contributed by atoms with Gasteiger partial charge >= 0.3 is 0 Å². The predicted molar refractivity (Wildman–Crippen MR) is 93.4 cm³/mol. The van der Waals surface area contributed by atoms with Gasteiger partial charge in [0.1, 0.15) is 5.71 Å². The number of hydrogen-bond acceptors (Lipinski definition) is 5. The fourth-order valence-corrected chi connectivity index (χ4v) is 3.09. The van der Waals surface area contributed by atoms with Gasteiger partial charge in [-0.2, -0.15) is 0 Å². The van der Waals surface area contributed by atoms with Crippen molar-refractivity contribution < 1.29 is 14.4 Å². The molecule has 3 rings (SSSR count). The summed E-state index contributed by atoms with van der Waals surface area (Å²) in [5.74, 6) is -0.510. The van der Waals surface area contributed by atoms with Crippen LogP contribution in [0, 0.1) is 0 Å². The molecular weight excluding hydrogens is 326 g/mol. The zero-order valence-electron chi connectivity index (χ0n) is 13.3. The number of benzene rings is 1. The Morgan fingerprint density at radius 1 is 1.29 bits per heavy atom. The van der Waals surface area contributed by atoms with Crippen LogP contribution in [0.5, 0.6) is 0 Å². The summed E-state index contributed by atoms with van der Waals surface area (Å²) in [6.45, 7) is 1.70. The number of thiophene rings is 1. The monoisotopic (exact) mass is 343 g/mol. The molecule has 0 spiro atoms. The van der Waals surface area contributed by atoms with E-state index in [1.165, 1.54) is 0 Å². The topological polar surface area (TPSA) is 79.8 Å². The standard InChI is InChI=1S/C17H17N3O3S/c1-17(10-13(20-23-17)14-7-4-8-24-14)16(22)19-12-6-3-5-11(9-12)15(21)18-2/h3-9H,10H2,1-2H3,(H,18,21)(H,19,22)/t17-/m1/s1. The van der Waals surface area contributed by atoms with Crippen molar-refractivity contribution in [3.8, 4) is 0 Å². The van der Waals surface area contributed by atoms with E-state index in [4.69, 9.17) is 4.84 Å². The van der Waals surface area contributed by atoms with Crippen LogP contribution in [-0.2, 0) is 9.63 Å². The number of nitrogens with zero attached hydrogens (tertiary/aromatic N) is 1. The Morgan fingerprint density at radius 3 is 2.83 bits per heavy atom. The molecule has 1 atom stereocenters. The van der Waals surface area contributed by atoms with Crippen LogP contribution in [-0.4, -0.2) is 30.2 Å². The van der Waals surface area contributed by atoms with Crippen molar-refractivity contribution in [1.82, 2.24) is 5.32 Å². The second-order valence-electron chi connectivity index (χ2n) is 5.63. The Balaban J connectivity index is 1.71. The maximum atomic E-state index is 12.6. The van der Waals surface area contributed by atoms with E-state index < -0.39 is 5.60 Å². The second kappa shape index (κ2) is 6.45. The summed E-state index contributed by atoms with van der Waals surface area (Å²) in [7, 11) is 1.56. The largest absolute Gasteiger partial charge is 0.379 e. The Bertz CT molecular complexity index is 801. The van der Waals surface area contributed by atoms with Crippen molar-refractivity contribution in [1.29, 1.82) is 0 Å². The van der Waals surface area contributed by atoms with Crippen molar-refractivity contribution in [3.63, 3.8) is 0 Å². The van der Waals surface area contributed by atoms with E-state index in [9.17, 15) is 9.59 Å². The molecule has 2 heterocycles. The van der Waals surface area contributed by atoms with Crippen LogP contribution in [0.25, 0.3) is 0 Å². The lowest BCUT2D eigenvalue weighted by atomic mass is 9.98. The molecule has 124 valence electrons. The molecule has 7 heteroatoms. The number of amides is 2. The van der Waals surface area contributed by atoms with Gasteiger partial charge < -0.3 is 15.5 Å². The number of hydrogen-bond donors (Lipinski definition) is 2. The maximum Gasteiger partial charge on any atom is 0.271 e. The molecule has 2 amide bonds. The molecule has 2 aromatic rings. The highest BCUT2D eigenvalue weighted by Crippen LogP contribution is 2.29. The summed E-state index contributed by atoms with van der Waals surface area (Å²) in [6.07, 6.45) is 0.397. The molecule has 0 bridgehead atoms. The summed E-state index contributed by atoms with van der Waals surface area (Å²) in [5, 5.41) is 11.4. The van der Waals surface area contributed by atoms with Crippen molar-refractivity contribution >= 4 is 34.6 Å². The van der Waals surface area contributed by atoms with Gasteiger partial charge in [-0.3, -0.25) is 9.59 Å². The van der Waals surface area contributed by atoms with Crippen LogP contribution >= 0.6 is 11.3 Å². The molecule has 2 N–H and O–H groups in total. The van der Waals surface area contributed by atoms with E-state index in [2.05, 4.69) is 15.8 Å². The number of carbonyl (C=O) groups is 2. The van der Waals surface area contributed by atoms with Crippen molar-refractivity contribution in [2.45, 2.75) is 18.9 Å². The molecule has 1 aliphatic heterocycles. The highest BCUT2D eigenvalue weighted by molar-refractivity contribution is 7.12. The van der Waals surface area contributed by atoms with Crippen LogP contribution in [0.2, 0.25) is 0 Å². The van der Waals surface area contributed by atoms with Crippen molar-refractivity contribution in [2.24, 2.45) is 5.16 Å².